The number of rotatable bonds is 4. The molecule has 0 fully saturated rings. The van der Waals surface area contributed by atoms with Crippen LogP contribution in [0.1, 0.15) is 11.5 Å². The van der Waals surface area contributed by atoms with Crippen molar-refractivity contribution in [3.63, 3.8) is 0 Å². The first-order valence-corrected chi connectivity index (χ1v) is 6.52. The maximum absolute atomic E-state index is 12.7. The molecule has 0 bridgehead atoms. The standard InChI is InChI=1S/C10H8F6O2S/c11-7-3-1-6(2-4-7)8(9(12)13)5-19(17,18)10(14,15)16/h1-4,8-9H,5H2. The van der Waals surface area contributed by atoms with E-state index < -0.39 is 39.3 Å². The van der Waals surface area contributed by atoms with Crippen LogP contribution in [-0.2, 0) is 9.84 Å². The number of alkyl halides is 5. The Morgan fingerprint density at radius 3 is 1.89 bits per heavy atom. The molecule has 1 aromatic rings. The molecule has 0 aliphatic heterocycles. The first-order valence-electron chi connectivity index (χ1n) is 4.87. The van der Waals surface area contributed by atoms with Crippen molar-refractivity contribution in [2.75, 3.05) is 5.75 Å². The second-order valence-corrected chi connectivity index (χ2v) is 5.75. The average Bonchev–Trinajstić information content (AvgIpc) is 2.25. The third kappa shape index (κ3) is 3.85. The summed E-state index contributed by atoms with van der Waals surface area (Å²) < 4.78 is 96.1. The lowest BCUT2D eigenvalue weighted by Gasteiger charge is -2.17. The fourth-order valence-corrected chi connectivity index (χ4v) is 2.35. The molecular formula is C10H8F6O2S. The largest absolute Gasteiger partial charge is 0.497 e. The van der Waals surface area contributed by atoms with Crippen LogP contribution in [0, 0.1) is 5.82 Å². The van der Waals surface area contributed by atoms with E-state index in [1.165, 1.54) is 0 Å². The van der Waals surface area contributed by atoms with Gasteiger partial charge in [0.05, 0.1) is 11.7 Å². The Bertz CT molecular complexity index is 520. The van der Waals surface area contributed by atoms with Gasteiger partial charge in [-0.2, -0.15) is 13.2 Å². The van der Waals surface area contributed by atoms with Crippen LogP contribution in [0.5, 0.6) is 0 Å². The number of hydrogen-bond donors (Lipinski definition) is 0. The van der Waals surface area contributed by atoms with Gasteiger partial charge >= 0.3 is 5.51 Å². The molecule has 0 radical (unpaired) electrons. The van der Waals surface area contributed by atoms with Crippen molar-refractivity contribution in [1.29, 1.82) is 0 Å². The van der Waals surface area contributed by atoms with Crippen molar-refractivity contribution < 1.29 is 34.8 Å². The summed E-state index contributed by atoms with van der Waals surface area (Å²) in [6.45, 7) is 0. The maximum atomic E-state index is 12.7. The Balaban J connectivity index is 3.08. The van der Waals surface area contributed by atoms with E-state index in [0.29, 0.717) is 0 Å². The highest BCUT2D eigenvalue weighted by molar-refractivity contribution is 7.92. The normalized spacial score (nSPS) is 14.7. The number of sulfone groups is 1. The highest BCUT2D eigenvalue weighted by Crippen LogP contribution is 2.32. The molecule has 19 heavy (non-hydrogen) atoms. The van der Waals surface area contributed by atoms with Crippen LogP contribution in [-0.4, -0.2) is 26.1 Å². The highest BCUT2D eigenvalue weighted by Gasteiger charge is 2.47. The molecule has 108 valence electrons. The molecule has 0 saturated heterocycles. The van der Waals surface area contributed by atoms with E-state index in [4.69, 9.17) is 0 Å². The van der Waals surface area contributed by atoms with Gasteiger partial charge in [0, 0.05) is 0 Å². The fourth-order valence-electron chi connectivity index (χ4n) is 1.36. The molecule has 0 saturated carbocycles. The fraction of sp³-hybridized carbons (Fsp3) is 0.400. The quantitative estimate of drug-likeness (QED) is 0.801. The Hall–Kier alpha value is -1.25. The molecule has 1 rings (SSSR count). The average molecular weight is 306 g/mol. The van der Waals surface area contributed by atoms with Gasteiger partial charge in [0.2, 0.25) is 16.3 Å². The van der Waals surface area contributed by atoms with Gasteiger partial charge in [0.25, 0.3) is 0 Å². The minimum atomic E-state index is -5.67. The van der Waals surface area contributed by atoms with E-state index in [0.717, 1.165) is 24.3 Å². The molecule has 0 aliphatic carbocycles. The van der Waals surface area contributed by atoms with Crippen LogP contribution >= 0.6 is 0 Å². The zero-order valence-corrected chi connectivity index (χ0v) is 9.98. The Morgan fingerprint density at radius 2 is 1.53 bits per heavy atom. The molecule has 1 atom stereocenters. The minimum absolute atomic E-state index is 0.371. The highest BCUT2D eigenvalue weighted by atomic mass is 32.2. The summed E-state index contributed by atoms with van der Waals surface area (Å²) in [5.41, 5.74) is -5.97. The molecule has 1 aromatic carbocycles. The monoisotopic (exact) mass is 306 g/mol. The van der Waals surface area contributed by atoms with Gasteiger partial charge < -0.3 is 0 Å². The lowest BCUT2D eigenvalue weighted by Crippen LogP contribution is -2.31. The van der Waals surface area contributed by atoms with E-state index in [-0.39, 0.29) is 5.56 Å². The van der Waals surface area contributed by atoms with Gasteiger partial charge in [-0.1, -0.05) is 12.1 Å². The molecule has 0 heterocycles. The first kappa shape index (κ1) is 15.8. The van der Waals surface area contributed by atoms with Crippen molar-refractivity contribution in [1.82, 2.24) is 0 Å². The number of benzene rings is 1. The molecular weight excluding hydrogens is 298 g/mol. The van der Waals surface area contributed by atoms with E-state index >= 15 is 0 Å². The third-order valence-electron chi connectivity index (χ3n) is 2.35. The predicted octanol–water partition coefficient (Wildman–Crippen LogP) is 3.11. The molecule has 0 amide bonds. The van der Waals surface area contributed by atoms with Gasteiger partial charge in [-0.05, 0) is 17.7 Å². The molecule has 0 N–H and O–H groups in total. The van der Waals surface area contributed by atoms with Crippen LogP contribution in [0.15, 0.2) is 24.3 Å². The summed E-state index contributed by atoms with van der Waals surface area (Å²) in [5, 5.41) is 0. The van der Waals surface area contributed by atoms with Gasteiger partial charge in [-0.25, -0.2) is 21.6 Å². The second kappa shape index (κ2) is 5.40. The molecule has 0 aromatic heterocycles. The summed E-state index contributed by atoms with van der Waals surface area (Å²) >= 11 is 0. The van der Waals surface area contributed by atoms with Crippen LogP contribution in [0.25, 0.3) is 0 Å². The van der Waals surface area contributed by atoms with Crippen LogP contribution in [0.2, 0.25) is 0 Å². The van der Waals surface area contributed by atoms with Gasteiger partial charge in [-0.15, -0.1) is 0 Å². The van der Waals surface area contributed by atoms with Crippen LogP contribution < -0.4 is 0 Å². The maximum Gasteiger partial charge on any atom is 0.497 e. The van der Waals surface area contributed by atoms with Gasteiger partial charge in [0.1, 0.15) is 5.82 Å². The lowest BCUT2D eigenvalue weighted by molar-refractivity contribution is -0.0440. The molecule has 1 unspecified atom stereocenters. The SMILES string of the molecule is O=S(=O)(CC(c1ccc(F)cc1)C(F)F)C(F)(F)F. The second-order valence-electron chi connectivity index (χ2n) is 3.72. The molecule has 9 heteroatoms. The topological polar surface area (TPSA) is 34.1 Å². The minimum Gasteiger partial charge on any atom is -0.220 e. The number of hydrogen-bond acceptors (Lipinski definition) is 2. The predicted molar refractivity (Wildman–Crippen MR) is 55.0 cm³/mol. The zero-order valence-electron chi connectivity index (χ0n) is 9.16. The van der Waals surface area contributed by atoms with E-state index in [1.807, 2.05) is 0 Å². The Labute approximate surface area is 105 Å². The zero-order chi connectivity index (χ0) is 14.8. The summed E-state index contributed by atoms with van der Waals surface area (Å²) in [5.74, 6) is -4.71. The molecule has 0 spiro atoms. The summed E-state index contributed by atoms with van der Waals surface area (Å²) in [7, 11) is -5.67. The van der Waals surface area contributed by atoms with Gasteiger partial charge in [0.15, 0.2) is 0 Å². The summed E-state index contributed by atoms with van der Waals surface area (Å²) in [6.07, 6.45) is -3.32. The third-order valence-corrected chi connectivity index (χ3v) is 3.86. The van der Waals surface area contributed by atoms with Gasteiger partial charge in [-0.3, -0.25) is 0 Å². The number of halogens is 6. The Kier molecular flexibility index (Phi) is 4.49. The van der Waals surface area contributed by atoms with Crippen molar-refractivity contribution in [3.05, 3.63) is 35.6 Å². The van der Waals surface area contributed by atoms with E-state index in [1.54, 1.807) is 0 Å². The summed E-state index contributed by atoms with van der Waals surface area (Å²) in [4.78, 5) is 0. The van der Waals surface area contributed by atoms with Crippen molar-refractivity contribution in [3.8, 4) is 0 Å². The van der Waals surface area contributed by atoms with E-state index in [2.05, 4.69) is 0 Å². The van der Waals surface area contributed by atoms with E-state index in [9.17, 15) is 34.8 Å². The Morgan fingerprint density at radius 1 is 1.05 bits per heavy atom. The molecule has 2 nitrogen and oxygen atoms in total. The van der Waals surface area contributed by atoms with Crippen molar-refractivity contribution in [2.45, 2.75) is 17.9 Å². The summed E-state index contributed by atoms with van der Waals surface area (Å²) in [6, 6.07) is 3.20. The van der Waals surface area contributed by atoms with Crippen LogP contribution in [0.4, 0.5) is 26.3 Å². The first-order chi connectivity index (χ1) is 8.54. The van der Waals surface area contributed by atoms with Crippen LogP contribution in [0.3, 0.4) is 0 Å². The smallest absolute Gasteiger partial charge is 0.220 e. The van der Waals surface area contributed by atoms with Crippen molar-refractivity contribution in [2.24, 2.45) is 0 Å². The lowest BCUT2D eigenvalue weighted by atomic mass is 10.0. The van der Waals surface area contributed by atoms with Crippen molar-refractivity contribution >= 4 is 9.84 Å². The molecule has 0 aliphatic rings.